The summed E-state index contributed by atoms with van der Waals surface area (Å²) in [5.74, 6) is 0.818. The van der Waals surface area contributed by atoms with Crippen molar-refractivity contribution in [3.05, 3.63) is 35.9 Å². The number of ether oxygens (including phenoxy) is 1. The third-order valence-corrected chi connectivity index (χ3v) is 3.33. The smallest absolute Gasteiger partial charge is 0.0626 e. The van der Waals surface area contributed by atoms with E-state index < -0.39 is 0 Å². The lowest BCUT2D eigenvalue weighted by Crippen LogP contribution is -2.54. The first kappa shape index (κ1) is 8.45. The highest BCUT2D eigenvalue weighted by Gasteiger charge is 2.42. The molecule has 2 unspecified atom stereocenters. The molecular formula is C12H15NO. The second-order valence-electron chi connectivity index (χ2n) is 4.28. The summed E-state index contributed by atoms with van der Waals surface area (Å²) in [6.07, 6.45) is 0. The lowest BCUT2D eigenvalue weighted by molar-refractivity contribution is 0.0429. The van der Waals surface area contributed by atoms with Gasteiger partial charge < -0.3 is 4.74 Å². The second kappa shape index (κ2) is 3.37. The van der Waals surface area contributed by atoms with Crippen molar-refractivity contribution in [2.24, 2.45) is 5.92 Å². The zero-order chi connectivity index (χ0) is 9.38. The van der Waals surface area contributed by atoms with Crippen LogP contribution in [0.3, 0.4) is 0 Å². The highest BCUT2D eigenvalue weighted by molar-refractivity contribution is 5.15. The standard InChI is InChI=1S/C12H15NO/c1-2-4-10(5-3-1)6-13-7-11-8-14-9-12(11)13/h1-5,11-12H,6-9H2. The van der Waals surface area contributed by atoms with Crippen molar-refractivity contribution >= 4 is 0 Å². The maximum atomic E-state index is 5.46. The van der Waals surface area contributed by atoms with Crippen LogP contribution in [0.1, 0.15) is 5.56 Å². The molecule has 2 aliphatic rings. The number of likely N-dealkylation sites (tertiary alicyclic amines) is 1. The van der Waals surface area contributed by atoms with Crippen molar-refractivity contribution in [1.29, 1.82) is 0 Å². The van der Waals surface area contributed by atoms with E-state index in [0.717, 1.165) is 25.7 Å². The highest BCUT2D eigenvalue weighted by atomic mass is 16.5. The summed E-state index contributed by atoms with van der Waals surface area (Å²) in [4.78, 5) is 2.52. The summed E-state index contributed by atoms with van der Waals surface area (Å²) in [5, 5.41) is 0. The Morgan fingerprint density at radius 2 is 2.07 bits per heavy atom. The quantitative estimate of drug-likeness (QED) is 0.699. The molecule has 2 heteroatoms. The van der Waals surface area contributed by atoms with Gasteiger partial charge in [0.2, 0.25) is 0 Å². The van der Waals surface area contributed by atoms with E-state index in [1.54, 1.807) is 0 Å². The normalized spacial score (nSPS) is 31.1. The lowest BCUT2D eigenvalue weighted by Gasteiger charge is -2.43. The molecule has 0 spiro atoms. The van der Waals surface area contributed by atoms with E-state index in [2.05, 4.69) is 35.2 Å². The Morgan fingerprint density at radius 3 is 2.86 bits per heavy atom. The number of benzene rings is 1. The largest absolute Gasteiger partial charge is 0.379 e. The molecule has 0 radical (unpaired) electrons. The molecule has 0 amide bonds. The van der Waals surface area contributed by atoms with Gasteiger partial charge in [-0.15, -0.1) is 0 Å². The molecule has 2 fully saturated rings. The van der Waals surface area contributed by atoms with Crippen LogP contribution in [0, 0.1) is 5.92 Å². The fourth-order valence-corrected chi connectivity index (χ4v) is 2.46. The van der Waals surface area contributed by atoms with Crippen LogP contribution >= 0.6 is 0 Å². The number of hydrogen-bond donors (Lipinski definition) is 0. The van der Waals surface area contributed by atoms with Crippen LogP contribution in [0.25, 0.3) is 0 Å². The molecular weight excluding hydrogens is 174 g/mol. The summed E-state index contributed by atoms with van der Waals surface area (Å²) >= 11 is 0. The summed E-state index contributed by atoms with van der Waals surface area (Å²) in [6.45, 7) is 4.23. The first-order valence-electron chi connectivity index (χ1n) is 5.29. The van der Waals surface area contributed by atoms with E-state index in [1.165, 1.54) is 12.1 Å². The molecule has 2 saturated heterocycles. The Balaban J connectivity index is 1.64. The Morgan fingerprint density at radius 1 is 1.21 bits per heavy atom. The van der Waals surface area contributed by atoms with Gasteiger partial charge in [0.1, 0.15) is 0 Å². The molecule has 0 N–H and O–H groups in total. The maximum absolute atomic E-state index is 5.46. The lowest BCUT2D eigenvalue weighted by atomic mass is 9.91. The van der Waals surface area contributed by atoms with E-state index in [1.807, 2.05) is 0 Å². The molecule has 0 aliphatic carbocycles. The van der Waals surface area contributed by atoms with Crippen molar-refractivity contribution in [2.45, 2.75) is 12.6 Å². The van der Waals surface area contributed by atoms with Gasteiger partial charge in [-0.05, 0) is 5.56 Å². The molecule has 0 aromatic heterocycles. The predicted molar refractivity (Wildman–Crippen MR) is 54.9 cm³/mol. The van der Waals surface area contributed by atoms with E-state index >= 15 is 0 Å². The van der Waals surface area contributed by atoms with Crippen LogP contribution < -0.4 is 0 Å². The molecule has 0 saturated carbocycles. The van der Waals surface area contributed by atoms with Gasteiger partial charge >= 0.3 is 0 Å². The third-order valence-electron chi connectivity index (χ3n) is 3.33. The maximum Gasteiger partial charge on any atom is 0.0626 e. The van der Waals surface area contributed by atoms with Crippen LogP contribution in [-0.4, -0.2) is 30.7 Å². The molecule has 14 heavy (non-hydrogen) atoms. The first-order valence-corrected chi connectivity index (χ1v) is 5.29. The molecule has 0 bridgehead atoms. The Hall–Kier alpha value is -0.860. The fraction of sp³-hybridized carbons (Fsp3) is 0.500. The van der Waals surface area contributed by atoms with Gasteiger partial charge in [0.05, 0.1) is 13.2 Å². The minimum atomic E-state index is 0.704. The first-order chi connectivity index (χ1) is 6.93. The van der Waals surface area contributed by atoms with Crippen LogP contribution in [0.15, 0.2) is 30.3 Å². The van der Waals surface area contributed by atoms with Gasteiger partial charge in [0.15, 0.2) is 0 Å². The zero-order valence-electron chi connectivity index (χ0n) is 8.23. The molecule has 1 aromatic rings. The Labute approximate surface area is 84.5 Å². The number of hydrogen-bond acceptors (Lipinski definition) is 2. The van der Waals surface area contributed by atoms with Crippen molar-refractivity contribution in [3.63, 3.8) is 0 Å². The van der Waals surface area contributed by atoms with Gasteiger partial charge in [-0.1, -0.05) is 30.3 Å². The summed E-state index contributed by atoms with van der Waals surface area (Å²) < 4.78 is 5.46. The van der Waals surface area contributed by atoms with E-state index in [-0.39, 0.29) is 0 Å². The second-order valence-corrected chi connectivity index (χ2v) is 4.28. The molecule has 2 nitrogen and oxygen atoms in total. The van der Waals surface area contributed by atoms with Crippen LogP contribution in [0.4, 0.5) is 0 Å². The van der Waals surface area contributed by atoms with Crippen LogP contribution in [-0.2, 0) is 11.3 Å². The van der Waals surface area contributed by atoms with Gasteiger partial charge in [-0.3, -0.25) is 4.90 Å². The van der Waals surface area contributed by atoms with E-state index in [9.17, 15) is 0 Å². The van der Waals surface area contributed by atoms with Crippen LogP contribution in [0.5, 0.6) is 0 Å². The number of nitrogens with zero attached hydrogens (tertiary/aromatic N) is 1. The van der Waals surface area contributed by atoms with Gasteiger partial charge in [-0.25, -0.2) is 0 Å². The molecule has 2 atom stereocenters. The van der Waals surface area contributed by atoms with Crippen molar-refractivity contribution < 1.29 is 4.74 Å². The Bertz CT molecular complexity index is 311. The Kier molecular flexibility index (Phi) is 2.03. The summed E-state index contributed by atoms with van der Waals surface area (Å²) in [5.41, 5.74) is 1.41. The topological polar surface area (TPSA) is 12.5 Å². The minimum absolute atomic E-state index is 0.704. The van der Waals surface area contributed by atoms with Crippen LogP contribution in [0.2, 0.25) is 0 Å². The SMILES string of the molecule is c1ccc(CN2CC3COCC32)cc1. The monoisotopic (exact) mass is 189 g/mol. The molecule has 3 rings (SSSR count). The van der Waals surface area contributed by atoms with Gasteiger partial charge in [0, 0.05) is 25.0 Å². The molecule has 1 aromatic carbocycles. The van der Waals surface area contributed by atoms with Gasteiger partial charge in [-0.2, -0.15) is 0 Å². The average Bonchev–Trinajstić information content (AvgIpc) is 2.58. The molecule has 74 valence electrons. The van der Waals surface area contributed by atoms with Crippen molar-refractivity contribution in [2.75, 3.05) is 19.8 Å². The van der Waals surface area contributed by atoms with Crippen molar-refractivity contribution in [1.82, 2.24) is 4.90 Å². The number of fused-ring (bicyclic) bond motifs is 1. The summed E-state index contributed by atoms with van der Waals surface area (Å²) in [6, 6.07) is 11.4. The van der Waals surface area contributed by atoms with E-state index in [4.69, 9.17) is 4.74 Å². The molecule has 2 aliphatic heterocycles. The zero-order valence-corrected chi connectivity index (χ0v) is 8.23. The average molecular weight is 189 g/mol. The fourth-order valence-electron chi connectivity index (χ4n) is 2.46. The highest BCUT2D eigenvalue weighted by Crippen LogP contribution is 2.31. The summed E-state index contributed by atoms with van der Waals surface area (Å²) in [7, 11) is 0. The number of rotatable bonds is 2. The van der Waals surface area contributed by atoms with E-state index in [0.29, 0.717) is 6.04 Å². The third kappa shape index (κ3) is 1.35. The predicted octanol–water partition coefficient (Wildman–Crippen LogP) is 1.52. The van der Waals surface area contributed by atoms with Crippen molar-refractivity contribution in [3.8, 4) is 0 Å². The van der Waals surface area contributed by atoms with Gasteiger partial charge in [0.25, 0.3) is 0 Å². The molecule has 2 heterocycles. The minimum Gasteiger partial charge on any atom is -0.379 e.